The monoisotopic (exact) mass is 1980 g/mol. The number of ketones is 6. The Morgan fingerprint density at radius 3 is 1.18 bits per heavy atom. The van der Waals surface area contributed by atoms with E-state index in [1.165, 1.54) is 25.0 Å². The first kappa shape index (κ1) is 106. The summed E-state index contributed by atoms with van der Waals surface area (Å²) >= 11 is 0. The molecule has 24 nitrogen and oxygen atoms in total. The summed E-state index contributed by atoms with van der Waals surface area (Å²) < 4.78 is 31.6. The van der Waals surface area contributed by atoms with Gasteiger partial charge in [-0.25, -0.2) is 15.0 Å². The first-order valence-corrected chi connectivity index (χ1v) is 53.5. The van der Waals surface area contributed by atoms with Gasteiger partial charge in [0.1, 0.15) is 64.5 Å². The molecule has 0 unspecified atom stereocenters. The summed E-state index contributed by atoms with van der Waals surface area (Å²) in [5.74, 6) is -2.35. The number of Topliss-reactive ketones (excluding diaryl/α,β-unsaturated/α-hetero) is 6. The minimum absolute atomic E-state index is 0.0189. The van der Waals surface area contributed by atoms with Crippen molar-refractivity contribution in [3.63, 3.8) is 0 Å². The van der Waals surface area contributed by atoms with Gasteiger partial charge in [-0.05, 0) is 188 Å². The van der Waals surface area contributed by atoms with Crippen molar-refractivity contribution in [3.05, 3.63) is 218 Å². The number of aromatic nitrogens is 3. The number of carbonyl (C=O) groups excluding carboxylic acids is 12. The normalized spacial score (nSPS) is 26.2. The van der Waals surface area contributed by atoms with Crippen LogP contribution in [0.3, 0.4) is 0 Å². The first-order chi connectivity index (χ1) is 70.5. The van der Waals surface area contributed by atoms with Crippen molar-refractivity contribution in [3.8, 4) is 51.0 Å². The second-order valence-corrected chi connectivity index (χ2v) is 42.6. The summed E-state index contributed by atoms with van der Waals surface area (Å²) in [7, 11) is 0. The highest BCUT2D eigenvalue weighted by atomic mass is 16.5. The molecular weight excluding hydrogens is 1840 g/mol. The Balaban J connectivity index is 0.000000157. The van der Waals surface area contributed by atoms with E-state index >= 15 is 0 Å². The van der Waals surface area contributed by atoms with Crippen LogP contribution >= 0.6 is 0 Å². The quantitative estimate of drug-likeness (QED) is 0.0434. The van der Waals surface area contributed by atoms with Gasteiger partial charge in [-0.1, -0.05) is 200 Å². The van der Waals surface area contributed by atoms with Crippen molar-refractivity contribution in [2.24, 2.45) is 52.3 Å². The minimum atomic E-state index is -0.986. The van der Waals surface area contributed by atoms with Crippen molar-refractivity contribution < 1.29 is 81.2 Å². The van der Waals surface area contributed by atoms with Crippen LogP contribution in [0.4, 0.5) is 0 Å². The third-order valence-corrected chi connectivity index (χ3v) is 32.1. The molecule has 4 amide bonds. The molecule has 24 heteroatoms. The van der Waals surface area contributed by atoms with E-state index in [-0.39, 0.29) is 153 Å². The number of nitrogens with zero attached hydrogens (tertiary/aromatic N) is 6. The Bertz CT molecular complexity index is 6360. The lowest BCUT2D eigenvalue weighted by molar-refractivity contribution is -0.151. The molecule has 0 radical (unpaired) electrons. The molecular formula is C122H143N7O17. The summed E-state index contributed by atoms with van der Waals surface area (Å²) in [6, 6.07) is 52.2. The zero-order chi connectivity index (χ0) is 103. The van der Waals surface area contributed by atoms with Crippen LogP contribution in [-0.2, 0) is 86.3 Å². The number of pyridine rings is 3. The summed E-state index contributed by atoms with van der Waals surface area (Å²) in [5, 5.41) is 5.69. The molecule has 6 aliphatic heterocycles. The Morgan fingerprint density at radius 1 is 0.425 bits per heavy atom. The Labute approximate surface area is 858 Å². The van der Waals surface area contributed by atoms with Crippen molar-refractivity contribution in [2.45, 2.75) is 289 Å². The zero-order valence-corrected chi connectivity index (χ0v) is 86.0. The summed E-state index contributed by atoms with van der Waals surface area (Å²) in [4.78, 5) is 183. The fourth-order valence-electron chi connectivity index (χ4n) is 22.9. The van der Waals surface area contributed by atoms with Gasteiger partial charge in [0.05, 0.1) is 97.3 Å². The number of unbranched alkanes of at least 4 members (excludes halogenated alkanes) is 2. The van der Waals surface area contributed by atoms with Gasteiger partial charge < -0.3 is 43.7 Å². The maximum absolute atomic E-state index is 14.4. The van der Waals surface area contributed by atoms with Gasteiger partial charge in [-0.3, -0.25) is 57.5 Å². The number of allylic oxidation sites excluding steroid dienone is 2. The number of nitrogens with one attached hydrogen (secondary N) is 1. The van der Waals surface area contributed by atoms with Gasteiger partial charge in [-0.15, -0.1) is 19.7 Å². The lowest BCUT2D eigenvalue weighted by atomic mass is 9.88. The van der Waals surface area contributed by atoms with E-state index in [0.717, 1.165) is 181 Å². The number of benzene rings is 6. The third-order valence-electron chi connectivity index (χ3n) is 32.1. The number of fused-ring (bicyclic) bond motifs is 9. The van der Waals surface area contributed by atoms with Crippen molar-refractivity contribution in [2.75, 3.05) is 32.8 Å². The molecule has 12 bridgehead atoms. The number of cyclic esters (lactones) is 2. The number of hydrogen-bond acceptors (Lipinski definition) is 20. The molecule has 18 rings (SSSR count). The lowest BCUT2D eigenvalue weighted by Crippen LogP contribution is -2.53. The molecule has 3 saturated heterocycles. The largest absolute Gasteiger partial charge is 0.488 e. The Kier molecular flexibility index (Phi) is 34.5. The van der Waals surface area contributed by atoms with Gasteiger partial charge in [0.15, 0.2) is 17.3 Å². The van der Waals surface area contributed by atoms with Crippen LogP contribution in [0.15, 0.2) is 202 Å². The molecule has 9 aliphatic rings. The van der Waals surface area contributed by atoms with E-state index in [1.54, 1.807) is 39.9 Å². The minimum Gasteiger partial charge on any atom is -0.488 e. The Morgan fingerprint density at radius 2 is 0.795 bits per heavy atom. The number of rotatable bonds is 24. The van der Waals surface area contributed by atoms with E-state index in [1.807, 2.05) is 141 Å². The van der Waals surface area contributed by atoms with E-state index in [2.05, 4.69) is 75.3 Å². The van der Waals surface area contributed by atoms with Crippen molar-refractivity contribution in [1.82, 2.24) is 35.0 Å². The molecule has 9 aromatic rings. The van der Waals surface area contributed by atoms with E-state index in [4.69, 9.17) is 38.6 Å². The van der Waals surface area contributed by atoms with Crippen LogP contribution in [0, 0.1) is 52.3 Å². The number of carbonyl (C=O) groups is 12. The fraction of sp³-hybridized carbons (Fsp3) is 0.484. The predicted molar refractivity (Wildman–Crippen MR) is 564 cm³/mol. The second-order valence-electron chi connectivity index (χ2n) is 42.6. The first-order valence-electron chi connectivity index (χ1n) is 53.5. The molecule has 146 heavy (non-hydrogen) atoms. The highest BCUT2D eigenvalue weighted by Crippen LogP contribution is 2.59. The lowest BCUT2D eigenvalue weighted by Gasteiger charge is -2.30. The standard InChI is InChI=1S/C42H50N2O6.C40H47N3O5.C40H46N2O6/c1-4-6-15-31-22-40(47)49-20-13-8-7-10-14-29-18-19-35-34(21-29)39(24-36(43-35)30-16-11-9-12-17-30)50-33-23-37(44(27-33)41(31)48)38(46)26-42(28(3)45)25-32(42)5-2;1-4-6-14-29-21-31(45)17-12-7-9-13-27-18-19-34-33(20-27)37(23-35(41-34)28-15-10-8-11-16-28)48-32-22-36(43(25-32)39(29)47)38(46)42-40(26(3)44)24-30(40)5-2;1-5-29-22-40(29,26(4)43)23-36(44)35-19-30-24-42(35)39(46)31(25(2)3)20-38(45)47-17-11-7-8-12-27-15-16-33-32(18-27)37(48-30)21-34(41-33)28-13-9-6-10-14-28/h5,9,11-12,16-19,21,24,31-33,37H,2,4,6-8,10,13-15,20,22-23,25-27H2,1,3H3;5,8,10-11,15-16,18-20,23,29-30,32,36H,2,4,6-7,9,12-14,17,21-22,24-25H2,1,3H3,(H,42,46);5-6,9-10,13-16,18,21,25,29-31,35H,1,7-8,11-12,17,19-20,22-24H2,2-4H3/t31-,32-,33-,37+,42+;29-,30-,32-,36+,40+;29-,30-,31+,35+,40+/m111/s1. The van der Waals surface area contributed by atoms with Crippen molar-refractivity contribution >= 4 is 103 Å². The number of esters is 2. The molecule has 3 aliphatic carbocycles. The summed E-state index contributed by atoms with van der Waals surface area (Å²) in [5.41, 5.74) is 8.67. The number of aryl methyl sites for hydroxylation is 3. The molecule has 768 valence electrons. The average Bonchev–Trinajstić information content (AvgIpc) is 1.59. The van der Waals surface area contributed by atoms with Crippen LogP contribution < -0.4 is 19.5 Å². The SMILES string of the molecule is C=C[C@@H]1C[C@]1(CC(=O)[C@@H]1C[C@@H]2CN1C(=O)[C@H](C(C)C)CC(=O)OCCCCCc1ccc3nc(-c4ccccc4)cc(c3c1)O2)C(C)=O.C=C[C@@H]1C[C@]1(CC(=O)[C@@H]1C[C@@H]2CN1C(=O)[C@H](CCCC)CC(=O)OCCCCCCc1ccc3nc(-c4ccccc4)cc(c3c1)O2)C(C)=O.C=C[C@@H]1C[C@]1(NC(=O)[C@@H]1C[C@@H]2CN1C(=O)[C@H](CCCC)CC(=O)CCCCCc1ccc3nc(-c4ccccc4)cc(c3c1)O2)C(C)=O. The molecule has 15 atom stereocenters. The Hall–Kier alpha value is -13.0. The highest BCUT2D eigenvalue weighted by Gasteiger charge is 2.62. The van der Waals surface area contributed by atoms with Gasteiger partial charge in [0.25, 0.3) is 0 Å². The van der Waals surface area contributed by atoms with Gasteiger partial charge >= 0.3 is 11.9 Å². The van der Waals surface area contributed by atoms with E-state index in [0.29, 0.717) is 75.4 Å². The zero-order valence-electron chi connectivity index (χ0n) is 86.0. The molecule has 6 fully saturated rings. The fourth-order valence-corrected chi connectivity index (χ4v) is 22.9. The summed E-state index contributed by atoms with van der Waals surface area (Å²) in [6.45, 7) is 25.4. The van der Waals surface area contributed by atoms with Gasteiger partial charge in [-0.2, -0.15) is 0 Å². The third kappa shape index (κ3) is 24.8. The van der Waals surface area contributed by atoms with Crippen LogP contribution in [0.2, 0.25) is 0 Å². The van der Waals surface area contributed by atoms with Crippen LogP contribution in [0.25, 0.3) is 66.5 Å². The highest BCUT2D eigenvalue weighted by molar-refractivity contribution is 6.01. The van der Waals surface area contributed by atoms with Crippen LogP contribution in [-0.4, -0.2) is 175 Å². The molecule has 1 N–H and O–H groups in total. The second kappa shape index (κ2) is 47.7. The maximum Gasteiger partial charge on any atom is 0.306 e. The smallest absolute Gasteiger partial charge is 0.306 e. The van der Waals surface area contributed by atoms with E-state index in [9.17, 15) is 57.5 Å². The number of amides is 4. The van der Waals surface area contributed by atoms with Crippen molar-refractivity contribution in [1.29, 1.82) is 0 Å². The molecule has 3 aromatic heterocycles. The number of hydrogen-bond donors (Lipinski definition) is 1. The number of ether oxygens (including phenoxy) is 5. The average molecular weight is 1980 g/mol. The van der Waals surface area contributed by atoms with Crippen LogP contribution in [0.5, 0.6) is 17.2 Å². The van der Waals surface area contributed by atoms with Gasteiger partial charge in [0.2, 0.25) is 23.6 Å². The molecule has 3 saturated carbocycles. The maximum atomic E-state index is 14.4. The molecule has 0 spiro atoms. The topological polar surface area (TPSA) is 311 Å². The summed E-state index contributed by atoms with van der Waals surface area (Å²) in [6.07, 6.45) is 23.1. The molecule has 9 heterocycles. The predicted octanol–water partition coefficient (Wildman–Crippen LogP) is 21.6. The molecule has 6 aromatic carbocycles. The van der Waals surface area contributed by atoms with Crippen LogP contribution in [0.1, 0.15) is 245 Å². The van der Waals surface area contributed by atoms with E-state index < -0.39 is 76.5 Å². The van der Waals surface area contributed by atoms with Gasteiger partial charge in [0, 0.05) is 125 Å².